The Kier molecular flexibility index (Phi) is 6.86. The van der Waals surface area contributed by atoms with E-state index in [4.69, 9.17) is 4.74 Å². The molecule has 0 unspecified atom stereocenters. The van der Waals surface area contributed by atoms with Gasteiger partial charge in [-0.15, -0.1) is 0 Å². The first kappa shape index (κ1) is 18.8. The van der Waals surface area contributed by atoms with Gasteiger partial charge in [0.1, 0.15) is 11.4 Å². The molecule has 0 fully saturated rings. The Labute approximate surface area is 150 Å². The monoisotopic (exact) mass is 343 g/mol. The molecule has 0 aliphatic heterocycles. The Morgan fingerprint density at radius 2 is 2.00 bits per heavy atom. The molecule has 0 aliphatic carbocycles. The Morgan fingerprint density at radius 3 is 2.68 bits per heavy atom. The van der Waals surface area contributed by atoms with Gasteiger partial charge in [-0.2, -0.15) is 5.10 Å². The van der Waals surface area contributed by atoms with Gasteiger partial charge in [0.05, 0.1) is 0 Å². The molecular formula is C19H29N5O. The predicted molar refractivity (Wildman–Crippen MR) is 102 cm³/mol. The molecule has 0 saturated carbocycles. The van der Waals surface area contributed by atoms with Crippen LogP contribution in [0.4, 0.5) is 0 Å². The molecule has 0 bridgehead atoms. The predicted octanol–water partition coefficient (Wildman–Crippen LogP) is 2.82. The van der Waals surface area contributed by atoms with Gasteiger partial charge in [0.2, 0.25) is 0 Å². The molecule has 0 aliphatic rings. The molecule has 0 spiro atoms. The summed E-state index contributed by atoms with van der Waals surface area (Å²) in [4.78, 5) is 4.27. The molecule has 2 rings (SSSR count). The maximum atomic E-state index is 6.03. The van der Waals surface area contributed by atoms with Crippen LogP contribution in [0.2, 0.25) is 0 Å². The summed E-state index contributed by atoms with van der Waals surface area (Å²) in [5.41, 5.74) is 0.889. The van der Waals surface area contributed by atoms with Gasteiger partial charge in [-0.25, -0.2) is 0 Å². The van der Waals surface area contributed by atoms with Crippen LogP contribution in [0.25, 0.3) is 0 Å². The van der Waals surface area contributed by atoms with Crippen LogP contribution in [0.5, 0.6) is 5.75 Å². The third-order valence-corrected chi connectivity index (χ3v) is 3.47. The van der Waals surface area contributed by atoms with Crippen LogP contribution in [0, 0.1) is 0 Å². The maximum Gasteiger partial charge on any atom is 0.191 e. The molecule has 0 radical (unpaired) electrons. The molecule has 2 aromatic rings. The summed E-state index contributed by atoms with van der Waals surface area (Å²) in [5, 5.41) is 10.9. The van der Waals surface area contributed by atoms with E-state index < -0.39 is 0 Å². The van der Waals surface area contributed by atoms with Gasteiger partial charge < -0.3 is 15.4 Å². The summed E-state index contributed by atoms with van der Waals surface area (Å²) in [7, 11) is 1.78. The Balaban J connectivity index is 1.80. The lowest BCUT2D eigenvalue weighted by Gasteiger charge is -2.23. The van der Waals surface area contributed by atoms with Crippen molar-refractivity contribution in [3.8, 4) is 5.75 Å². The zero-order valence-corrected chi connectivity index (χ0v) is 15.6. The summed E-state index contributed by atoms with van der Waals surface area (Å²) in [6, 6.07) is 10.0. The Morgan fingerprint density at radius 1 is 1.20 bits per heavy atom. The zero-order valence-electron chi connectivity index (χ0n) is 15.6. The molecule has 1 aromatic carbocycles. The minimum Gasteiger partial charge on any atom is -0.488 e. The van der Waals surface area contributed by atoms with E-state index in [1.165, 1.54) is 0 Å². The third kappa shape index (κ3) is 6.87. The van der Waals surface area contributed by atoms with Crippen LogP contribution < -0.4 is 15.4 Å². The van der Waals surface area contributed by atoms with Crippen molar-refractivity contribution in [3.63, 3.8) is 0 Å². The molecule has 0 saturated heterocycles. The van der Waals surface area contributed by atoms with Gasteiger partial charge in [-0.1, -0.05) is 18.2 Å². The molecule has 1 heterocycles. The number of ether oxygens (including phenoxy) is 1. The van der Waals surface area contributed by atoms with Crippen molar-refractivity contribution >= 4 is 5.96 Å². The number of aryl methyl sites for hydroxylation is 1. The lowest BCUT2D eigenvalue weighted by atomic mass is 10.1. The van der Waals surface area contributed by atoms with E-state index in [9.17, 15) is 0 Å². The Hall–Kier alpha value is -2.50. The number of nitrogens with one attached hydrogen (secondary N) is 2. The normalized spacial score (nSPS) is 12.1. The fourth-order valence-corrected chi connectivity index (χ4v) is 2.36. The number of aromatic nitrogens is 2. The quantitative estimate of drug-likeness (QED) is 0.461. The van der Waals surface area contributed by atoms with E-state index in [0.29, 0.717) is 6.54 Å². The number of para-hydroxylation sites is 1. The molecule has 2 N–H and O–H groups in total. The van der Waals surface area contributed by atoms with E-state index in [1.54, 1.807) is 13.2 Å². The van der Waals surface area contributed by atoms with Crippen molar-refractivity contribution in [2.45, 2.75) is 45.9 Å². The van der Waals surface area contributed by atoms with Gasteiger partial charge in [0.15, 0.2) is 5.96 Å². The minimum absolute atomic E-state index is 0.220. The minimum atomic E-state index is -0.220. The highest BCUT2D eigenvalue weighted by Gasteiger charge is 2.14. The topological polar surface area (TPSA) is 63.5 Å². The summed E-state index contributed by atoms with van der Waals surface area (Å²) in [6.45, 7) is 8.54. The van der Waals surface area contributed by atoms with Gasteiger partial charge in [0.25, 0.3) is 0 Å². The van der Waals surface area contributed by atoms with Gasteiger partial charge in [-0.3, -0.25) is 9.67 Å². The SMILES string of the molecule is CN=C(NCCCn1cccn1)NCc1ccccc1OC(C)(C)C. The van der Waals surface area contributed by atoms with Crippen LogP contribution in [0.15, 0.2) is 47.7 Å². The summed E-state index contributed by atoms with van der Waals surface area (Å²) in [6.07, 6.45) is 4.75. The molecular weight excluding hydrogens is 314 g/mol. The van der Waals surface area contributed by atoms with Crippen molar-refractivity contribution in [2.24, 2.45) is 4.99 Å². The fraction of sp³-hybridized carbons (Fsp3) is 0.474. The molecule has 6 nitrogen and oxygen atoms in total. The second-order valence-corrected chi connectivity index (χ2v) is 6.80. The Bertz CT molecular complexity index is 659. The second kappa shape index (κ2) is 9.11. The van der Waals surface area contributed by atoms with Crippen molar-refractivity contribution in [1.29, 1.82) is 0 Å². The highest BCUT2D eigenvalue weighted by atomic mass is 16.5. The lowest BCUT2D eigenvalue weighted by molar-refractivity contribution is 0.129. The number of hydrogen-bond donors (Lipinski definition) is 2. The highest BCUT2D eigenvalue weighted by molar-refractivity contribution is 5.79. The van der Waals surface area contributed by atoms with Crippen LogP contribution in [0.1, 0.15) is 32.8 Å². The molecule has 6 heteroatoms. The molecule has 0 amide bonds. The summed E-state index contributed by atoms with van der Waals surface area (Å²) < 4.78 is 7.96. The van der Waals surface area contributed by atoms with E-state index in [-0.39, 0.29) is 5.60 Å². The molecule has 1 aromatic heterocycles. The van der Waals surface area contributed by atoms with E-state index >= 15 is 0 Å². The van der Waals surface area contributed by atoms with Gasteiger partial charge in [0, 0.05) is 44.6 Å². The average Bonchev–Trinajstić information content (AvgIpc) is 3.07. The molecule has 136 valence electrons. The fourth-order valence-electron chi connectivity index (χ4n) is 2.36. The van der Waals surface area contributed by atoms with Gasteiger partial charge in [-0.05, 0) is 39.3 Å². The van der Waals surface area contributed by atoms with Crippen molar-refractivity contribution in [2.75, 3.05) is 13.6 Å². The number of rotatable bonds is 7. The lowest BCUT2D eigenvalue weighted by Crippen LogP contribution is -2.37. The first-order valence-corrected chi connectivity index (χ1v) is 8.67. The average molecular weight is 343 g/mol. The van der Waals surface area contributed by atoms with Crippen molar-refractivity contribution in [1.82, 2.24) is 20.4 Å². The van der Waals surface area contributed by atoms with Gasteiger partial charge >= 0.3 is 0 Å². The highest BCUT2D eigenvalue weighted by Crippen LogP contribution is 2.22. The number of aliphatic imine (C=N–C) groups is 1. The van der Waals surface area contributed by atoms with Crippen molar-refractivity contribution < 1.29 is 4.74 Å². The number of nitrogens with zero attached hydrogens (tertiary/aromatic N) is 3. The van der Waals surface area contributed by atoms with E-state index in [0.717, 1.165) is 36.8 Å². The molecule has 0 atom stereocenters. The van der Waals surface area contributed by atoms with E-state index in [2.05, 4.69) is 47.6 Å². The number of hydrogen-bond acceptors (Lipinski definition) is 3. The van der Waals surface area contributed by atoms with Crippen LogP contribution in [0.3, 0.4) is 0 Å². The summed E-state index contributed by atoms with van der Waals surface area (Å²) >= 11 is 0. The second-order valence-electron chi connectivity index (χ2n) is 6.80. The largest absolute Gasteiger partial charge is 0.488 e. The van der Waals surface area contributed by atoms with Crippen LogP contribution in [-0.4, -0.2) is 34.9 Å². The first-order valence-electron chi connectivity index (χ1n) is 8.67. The molecule has 25 heavy (non-hydrogen) atoms. The smallest absolute Gasteiger partial charge is 0.191 e. The van der Waals surface area contributed by atoms with E-state index in [1.807, 2.05) is 35.1 Å². The number of guanidine groups is 1. The maximum absolute atomic E-state index is 6.03. The summed E-state index contributed by atoms with van der Waals surface area (Å²) in [5.74, 6) is 1.68. The van der Waals surface area contributed by atoms with Crippen LogP contribution >= 0.6 is 0 Å². The number of benzene rings is 1. The van der Waals surface area contributed by atoms with Crippen molar-refractivity contribution in [3.05, 3.63) is 48.3 Å². The first-order chi connectivity index (χ1) is 12.0. The van der Waals surface area contributed by atoms with Crippen LogP contribution in [-0.2, 0) is 13.1 Å². The zero-order chi connectivity index (χ0) is 18.1. The standard InChI is InChI=1S/C19H29N5O/c1-19(2,3)25-17-10-6-5-9-16(17)15-22-18(20-4)21-11-7-13-24-14-8-12-23-24/h5-6,8-10,12,14H,7,11,13,15H2,1-4H3,(H2,20,21,22). The third-order valence-electron chi connectivity index (χ3n) is 3.47.